The monoisotopic (exact) mass is 600 g/mol. The third-order valence-corrected chi connectivity index (χ3v) is 7.72. The predicted molar refractivity (Wildman–Crippen MR) is 164 cm³/mol. The first-order valence-corrected chi connectivity index (χ1v) is 14.2. The first-order chi connectivity index (χ1) is 20.9. The molecule has 1 atom stereocenters. The largest absolute Gasteiger partial charge is 0.495 e. The topological polar surface area (TPSA) is 139 Å². The van der Waals surface area contributed by atoms with Gasteiger partial charge < -0.3 is 31.0 Å². The standard InChI is InChI=1S/C32H29FN4O5S/c1-40-26-9-3-2-8-23(26)37-32(39)29(31(35)38)20-10-11-25(22(33)17-20)42-27-12-14-36-24-18-28(43-30(24)27)19-6-4-7-21(16-19)41-15-5-13-34/h2-4,6-12,14,16-18,29H,5,13,15,34H2,1H3,(H2,35,38)(H,37,39). The van der Waals surface area contributed by atoms with Crippen LogP contribution in [0.5, 0.6) is 23.0 Å². The number of anilines is 1. The molecule has 11 heteroatoms. The van der Waals surface area contributed by atoms with E-state index in [2.05, 4.69) is 10.3 Å². The van der Waals surface area contributed by atoms with Crippen molar-refractivity contribution in [1.29, 1.82) is 0 Å². The molecule has 0 fully saturated rings. The average molecular weight is 601 g/mol. The van der Waals surface area contributed by atoms with E-state index in [4.69, 9.17) is 25.7 Å². The first-order valence-electron chi connectivity index (χ1n) is 13.4. The van der Waals surface area contributed by atoms with Crippen LogP contribution in [-0.2, 0) is 9.59 Å². The Morgan fingerprint density at radius 2 is 1.84 bits per heavy atom. The summed E-state index contributed by atoms with van der Waals surface area (Å²) >= 11 is 1.45. The molecule has 0 aliphatic rings. The van der Waals surface area contributed by atoms with Crippen molar-refractivity contribution in [1.82, 2.24) is 4.98 Å². The molecule has 1 unspecified atom stereocenters. The lowest BCUT2D eigenvalue weighted by molar-refractivity contribution is -0.127. The molecule has 2 amide bonds. The van der Waals surface area contributed by atoms with Crippen molar-refractivity contribution in [2.75, 3.05) is 25.6 Å². The number of rotatable bonds is 12. The number of hydrogen-bond acceptors (Lipinski definition) is 8. The summed E-state index contributed by atoms with van der Waals surface area (Å²) in [5, 5.41) is 2.63. The van der Waals surface area contributed by atoms with E-state index in [-0.39, 0.29) is 11.3 Å². The number of benzene rings is 3. The van der Waals surface area contributed by atoms with Crippen LogP contribution in [0.2, 0.25) is 0 Å². The lowest BCUT2D eigenvalue weighted by Gasteiger charge is -2.16. The molecule has 0 spiro atoms. The van der Waals surface area contributed by atoms with Crippen LogP contribution < -0.4 is 31.0 Å². The molecule has 5 aromatic rings. The van der Waals surface area contributed by atoms with Crippen LogP contribution in [0.1, 0.15) is 17.9 Å². The Kier molecular flexibility index (Phi) is 9.14. The SMILES string of the molecule is COc1ccccc1NC(=O)C(C(N)=O)c1ccc(Oc2ccnc3cc(-c4cccc(OCCCN)c4)sc23)c(F)c1. The molecule has 43 heavy (non-hydrogen) atoms. The molecule has 0 bridgehead atoms. The second-order valence-electron chi connectivity index (χ2n) is 9.47. The molecular weight excluding hydrogens is 571 g/mol. The van der Waals surface area contributed by atoms with Crippen LogP contribution in [-0.4, -0.2) is 37.1 Å². The number of nitrogens with zero attached hydrogens (tertiary/aromatic N) is 1. The number of aromatic nitrogens is 1. The highest BCUT2D eigenvalue weighted by molar-refractivity contribution is 7.22. The van der Waals surface area contributed by atoms with Crippen molar-refractivity contribution >= 4 is 39.1 Å². The summed E-state index contributed by atoms with van der Waals surface area (Å²) in [6.07, 6.45) is 2.34. The van der Waals surface area contributed by atoms with E-state index in [9.17, 15) is 9.59 Å². The maximum Gasteiger partial charge on any atom is 0.241 e. The number of thiophene rings is 1. The molecule has 0 radical (unpaired) electrons. The van der Waals surface area contributed by atoms with Gasteiger partial charge in [-0.25, -0.2) is 4.39 Å². The van der Waals surface area contributed by atoms with Gasteiger partial charge in [0.25, 0.3) is 0 Å². The number of fused-ring (bicyclic) bond motifs is 1. The van der Waals surface area contributed by atoms with Crippen molar-refractivity contribution < 1.29 is 28.2 Å². The van der Waals surface area contributed by atoms with Crippen LogP contribution in [0.25, 0.3) is 20.7 Å². The van der Waals surface area contributed by atoms with Gasteiger partial charge in [0.15, 0.2) is 11.6 Å². The molecule has 2 heterocycles. The predicted octanol–water partition coefficient (Wildman–Crippen LogP) is 5.84. The van der Waals surface area contributed by atoms with E-state index in [1.807, 2.05) is 30.3 Å². The minimum Gasteiger partial charge on any atom is -0.495 e. The van der Waals surface area contributed by atoms with Gasteiger partial charge in [0.1, 0.15) is 23.2 Å². The lowest BCUT2D eigenvalue weighted by Crippen LogP contribution is -2.32. The van der Waals surface area contributed by atoms with Gasteiger partial charge in [-0.3, -0.25) is 14.6 Å². The van der Waals surface area contributed by atoms with Crippen molar-refractivity contribution in [3.8, 4) is 33.4 Å². The molecule has 5 rings (SSSR count). The molecular formula is C32H29FN4O5S. The average Bonchev–Trinajstić information content (AvgIpc) is 3.45. The Morgan fingerprint density at radius 3 is 2.60 bits per heavy atom. The highest BCUT2D eigenvalue weighted by atomic mass is 32.1. The van der Waals surface area contributed by atoms with Gasteiger partial charge in [-0.15, -0.1) is 11.3 Å². The second-order valence-corrected chi connectivity index (χ2v) is 10.5. The van der Waals surface area contributed by atoms with Crippen LogP contribution >= 0.6 is 11.3 Å². The second kappa shape index (κ2) is 13.3. The van der Waals surface area contributed by atoms with Crippen LogP contribution in [0.15, 0.2) is 85.1 Å². The summed E-state index contributed by atoms with van der Waals surface area (Å²) in [5.41, 5.74) is 13.2. The maximum absolute atomic E-state index is 15.3. The van der Waals surface area contributed by atoms with Gasteiger partial charge in [0, 0.05) is 17.1 Å². The fraction of sp³-hybridized carbons (Fsp3) is 0.156. The summed E-state index contributed by atoms with van der Waals surface area (Å²) in [6.45, 7) is 1.08. The number of halogens is 1. The Balaban J connectivity index is 1.38. The lowest BCUT2D eigenvalue weighted by atomic mass is 9.97. The number of methoxy groups -OCH3 is 1. The fourth-order valence-corrected chi connectivity index (χ4v) is 5.51. The van der Waals surface area contributed by atoms with Gasteiger partial charge in [-0.05, 0) is 66.6 Å². The van der Waals surface area contributed by atoms with Crippen LogP contribution in [0.3, 0.4) is 0 Å². The van der Waals surface area contributed by atoms with E-state index in [0.29, 0.717) is 35.9 Å². The smallest absolute Gasteiger partial charge is 0.241 e. The van der Waals surface area contributed by atoms with Gasteiger partial charge in [0.05, 0.1) is 29.6 Å². The first kappa shape index (κ1) is 29.5. The Bertz CT molecular complexity index is 1780. The molecule has 9 nitrogen and oxygen atoms in total. The van der Waals surface area contributed by atoms with Crippen molar-refractivity contribution in [2.24, 2.45) is 11.5 Å². The molecule has 0 aliphatic carbocycles. The number of pyridine rings is 1. The highest BCUT2D eigenvalue weighted by Gasteiger charge is 2.28. The van der Waals surface area contributed by atoms with E-state index in [1.54, 1.807) is 36.5 Å². The maximum atomic E-state index is 15.3. The number of carbonyl (C=O) groups is 2. The number of primary amides is 1. The molecule has 3 aromatic carbocycles. The zero-order chi connectivity index (χ0) is 30.3. The summed E-state index contributed by atoms with van der Waals surface area (Å²) in [7, 11) is 1.46. The van der Waals surface area contributed by atoms with E-state index >= 15 is 4.39 Å². The van der Waals surface area contributed by atoms with Crippen molar-refractivity contribution in [2.45, 2.75) is 12.3 Å². The van der Waals surface area contributed by atoms with E-state index in [0.717, 1.165) is 33.4 Å². The third kappa shape index (κ3) is 6.74. The minimum atomic E-state index is -1.45. The third-order valence-electron chi connectivity index (χ3n) is 6.53. The number of para-hydroxylation sites is 2. The van der Waals surface area contributed by atoms with E-state index < -0.39 is 23.5 Å². The molecule has 0 saturated heterocycles. The van der Waals surface area contributed by atoms with Crippen molar-refractivity contribution in [3.05, 3.63) is 96.4 Å². The van der Waals surface area contributed by atoms with Gasteiger partial charge in [-0.2, -0.15) is 0 Å². The molecule has 2 aromatic heterocycles. The Morgan fingerprint density at radius 1 is 1.00 bits per heavy atom. The van der Waals surface area contributed by atoms with Crippen molar-refractivity contribution in [3.63, 3.8) is 0 Å². The quantitative estimate of drug-likeness (QED) is 0.121. The van der Waals surface area contributed by atoms with Gasteiger partial charge in [-0.1, -0.05) is 30.3 Å². The minimum absolute atomic E-state index is 0.0802. The Labute approximate surface area is 251 Å². The zero-order valence-corrected chi connectivity index (χ0v) is 24.0. The number of ether oxygens (including phenoxy) is 3. The fourth-order valence-electron chi connectivity index (χ4n) is 4.45. The normalized spacial score (nSPS) is 11.6. The van der Waals surface area contributed by atoms with Gasteiger partial charge in [0.2, 0.25) is 11.8 Å². The number of nitrogens with one attached hydrogen (secondary N) is 1. The number of carbonyl (C=O) groups excluding carboxylic acids is 2. The molecule has 220 valence electrons. The molecule has 5 N–H and O–H groups in total. The van der Waals surface area contributed by atoms with Crippen LogP contribution in [0, 0.1) is 5.82 Å². The zero-order valence-electron chi connectivity index (χ0n) is 23.2. The molecule has 0 aliphatic heterocycles. The highest BCUT2D eigenvalue weighted by Crippen LogP contribution is 2.40. The Hall–Kier alpha value is -5.00. The molecule has 0 saturated carbocycles. The van der Waals surface area contributed by atoms with Crippen LogP contribution in [0.4, 0.5) is 10.1 Å². The number of hydrogen-bond donors (Lipinski definition) is 3. The number of amides is 2. The summed E-state index contributed by atoms with van der Waals surface area (Å²) in [6, 6.07) is 21.9. The number of nitrogens with two attached hydrogens (primary N) is 2. The van der Waals surface area contributed by atoms with Gasteiger partial charge >= 0.3 is 0 Å². The summed E-state index contributed by atoms with van der Waals surface area (Å²) < 4.78 is 33.1. The summed E-state index contributed by atoms with van der Waals surface area (Å²) in [5.74, 6) is -2.41. The summed E-state index contributed by atoms with van der Waals surface area (Å²) in [4.78, 5) is 30.7. The van der Waals surface area contributed by atoms with E-state index in [1.165, 1.54) is 30.6 Å².